The summed E-state index contributed by atoms with van der Waals surface area (Å²) in [5.74, 6) is 1.69. The van der Waals surface area contributed by atoms with Crippen molar-refractivity contribution in [1.82, 2.24) is 25.2 Å². The fraction of sp³-hybridized carbons (Fsp3) is 0.476. The number of halogens is 1. The fourth-order valence-corrected chi connectivity index (χ4v) is 5.05. The van der Waals surface area contributed by atoms with Gasteiger partial charge in [0, 0.05) is 29.6 Å². The molecule has 0 radical (unpaired) electrons. The zero-order valence-corrected chi connectivity index (χ0v) is 20.0. The van der Waals surface area contributed by atoms with Crippen LogP contribution in [0.2, 0.25) is 0 Å². The molecule has 156 valence electrons. The van der Waals surface area contributed by atoms with Crippen LogP contribution in [0.5, 0.6) is 0 Å². The van der Waals surface area contributed by atoms with Crippen LogP contribution in [-0.2, 0) is 12.0 Å². The number of rotatable bonds is 6. The van der Waals surface area contributed by atoms with Gasteiger partial charge >= 0.3 is 0 Å². The van der Waals surface area contributed by atoms with E-state index in [2.05, 4.69) is 45.3 Å². The number of pyridine rings is 1. The number of thiophene rings is 1. The second-order valence-corrected chi connectivity index (χ2v) is 8.36. The highest BCUT2D eigenvalue weighted by atomic mass is 127. The number of aliphatic imine (C=N–C) groups is 1. The van der Waals surface area contributed by atoms with Gasteiger partial charge in [0.05, 0.1) is 0 Å². The Bertz CT molecular complexity index is 914. The van der Waals surface area contributed by atoms with Gasteiger partial charge in [-0.1, -0.05) is 31.4 Å². The molecule has 1 fully saturated rings. The molecule has 3 aromatic rings. The fourth-order valence-electron chi connectivity index (χ4n) is 4.06. The van der Waals surface area contributed by atoms with Crippen molar-refractivity contribution >= 4 is 46.9 Å². The third kappa shape index (κ3) is 5.09. The van der Waals surface area contributed by atoms with Crippen molar-refractivity contribution in [2.45, 2.75) is 51.0 Å². The van der Waals surface area contributed by atoms with Crippen molar-refractivity contribution in [3.63, 3.8) is 0 Å². The van der Waals surface area contributed by atoms with Crippen LogP contribution in [0.15, 0.2) is 46.9 Å². The highest BCUT2D eigenvalue weighted by molar-refractivity contribution is 14.0. The Hall–Kier alpha value is -1.68. The van der Waals surface area contributed by atoms with E-state index in [1.165, 1.54) is 37.0 Å². The summed E-state index contributed by atoms with van der Waals surface area (Å²) in [4.78, 5) is 6.28. The number of nitrogens with zero attached hydrogens (tertiary/aromatic N) is 4. The number of nitrogens with one attached hydrogen (secondary N) is 2. The van der Waals surface area contributed by atoms with Crippen LogP contribution < -0.4 is 10.6 Å². The Balaban J connectivity index is 0.00000240. The first-order chi connectivity index (χ1) is 13.8. The minimum atomic E-state index is 0. The van der Waals surface area contributed by atoms with Crippen molar-refractivity contribution < 1.29 is 0 Å². The Morgan fingerprint density at radius 3 is 2.76 bits per heavy atom. The number of aromatic nitrogens is 3. The maximum absolute atomic E-state index is 4.78. The lowest BCUT2D eigenvalue weighted by molar-refractivity contribution is 0.296. The number of hydrogen-bond donors (Lipinski definition) is 2. The van der Waals surface area contributed by atoms with Gasteiger partial charge in [-0.25, -0.2) is 4.99 Å². The molecule has 0 unspecified atom stereocenters. The third-order valence-corrected chi connectivity index (χ3v) is 6.67. The van der Waals surface area contributed by atoms with E-state index in [0.717, 1.165) is 30.5 Å². The van der Waals surface area contributed by atoms with Gasteiger partial charge in [-0.15, -0.1) is 45.5 Å². The zero-order valence-electron chi connectivity index (χ0n) is 16.8. The second-order valence-electron chi connectivity index (χ2n) is 7.41. The summed E-state index contributed by atoms with van der Waals surface area (Å²) in [5, 5.41) is 17.7. The predicted molar refractivity (Wildman–Crippen MR) is 130 cm³/mol. The van der Waals surface area contributed by atoms with Crippen LogP contribution in [0.25, 0.3) is 5.65 Å². The van der Waals surface area contributed by atoms with Crippen molar-refractivity contribution in [2.75, 3.05) is 13.1 Å². The molecule has 8 heteroatoms. The SMILES string of the molecule is CCNC(=NCc1nnc2ccccn12)NCC1(c2cccs2)CCCCC1.I. The topological polar surface area (TPSA) is 66.6 Å². The van der Waals surface area contributed by atoms with Crippen LogP contribution in [0.1, 0.15) is 49.7 Å². The summed E-state index contributed by atoms with van der Waals surface area (Å²) in [7, 11) is 0. The van der Waals surface area contributed by atoms with Gasteiger partial charge in [-0.3, -0.25) is 4.40 Å². The molecule has 1 saturated carbocycles. The molecule has 0 saturated heterocycles. The molecule has 29 heavy (non-hydrogen) atoms. The normalized spacial score (nSPS) is 16.4. The number of fused-ring (bicyclic) bond motifs is 1. The molecule has 4 rings (SSSR count). The van der Waals surface area contributed by atoms with Gasteiger partial charge < -0.3 is 10.6 Å². The summed E-state index contributed by atoms with van der Waals surface area (Å²) >= 11 is 1.88. The summed E-state index contributed by atoms with van der Waals surface area (Å²) < 4.78 is 1.99. The van der Waals surface area contributed by atoms with Crippen LogP contribution in [0, 0.1) is 0 Å². The largest absolute Gasteiger partial charge is 0.357 e. The summed E-state index contributed by atoms with van der Waals surface area (Å²) in [5.41, 5.74) is 1.08. The third-order valence-electron chi connectivity index (χ3n) is 5.56. The Kier molecular flexibility index (Phi) is 7.88. The molecule has 0 bridgehead atoms. The first kappa shape index (κ1) is 22.0. The van der Waals surface area contributed by atoms with Gasteiger partial charge in [0.15, 0.2) is 17.4 Å². The predicted octanol–water partition coefficient (Wildman–Crippen LogP) is 4.37. The molecule has 3 aromatic heterocycles. The van der Waals surface area contributed by atoms with Gasteiger partial charge in [-0.2, -0.15) is 0 Å². The second kappa shape index (κ2) is 10.4. The van der Waals surface area contributed by atoms with Gasteiger partial charge in [-0.05, 0) is 43.3 Å². The zero-order chi connectivity index (χ0) is 19.2. The molecule has 0 atom stereocenters. The average molecular weight is 524 g/mol. The number of hydrogen-bond acceptors (Lipinski definition) is 4. The monoisotopic (exact) mass is 524 g/mol. The molecular formula is C21H29IN6S. The maximum Gasteiger partial charge on any atom is 0.191 e. The highest BCUT2D eigenvalue weighted by Crippen LogP contribution is 2.41. The van der Waals surface area contributed by atoms with E-state index in [0.29, 0.717) is 6.54 Å². The van der Waals surface area contributed by atoms with E-state index in [9.17, 15) is 0 Å². The van der Waals surface area contributed by atoms with Crippen molar-refractivity contribution in [3.8, 4) is 0 Å². The summed E-state index contributed by atoms with van der Waals surface area (Å²) in [6, 6.07) is 10.4. The van der Waals surface area contributed by atoms with E-state index >= 15 is 0 Å². The molecule has 1 aliphatic rings. The minimum Gasteiger partial charge on any atom is -0.357 e. The average Bonchev–Trinajstić information content (AvgIpc) is 3.41. The smallest absolute Gasteiger partial charge is 0.191 e. The molecule has 6 nitrogen and oxygen atoms in total. The van der Waals surface area contributed by atoms with E-state index in [-0.39, 0.29) is 29.4 Å². The summed E-state index contributed by atoms with van der Waals surface area (Å²) in [6.07, 6.45) is 8.43. The van der Waals surface area contributed by atoms with Crippen LogP contribution >= 0.6 is 35.3 Å². The lowest BCUT2D eigenvalue weighted by atomic mass is 9.73. The lowest BCUT2D eigenvalue weighted by Gasteiger charge is -2.37. The molecule has 2 N–H and O–H groups in total. The van der Waals surface area contributed by atoms with Gasteiger partial charge in [0.2, 0.25) is 0 Å². The summed E-state index contributed by atoms with van der Waals surface area (Å²) in [6.45, 7) is 4.34. The first-order valence-electron chi connectivity index (χ1n) is 10.2. The molecule has 0 amide bonds. The van der Waals surface area contributed by atoms with Gasteiger partial charge in [0.25, 0.3) is 0 Å². The standard InChI is InChI=1S/C21H28N6S.HI/c1-2-22-20(23-15-19-26-25-18-10-4-7-13-27(18)19)24-16-21(11-5-3-6-12-21)17-9-8-14-28-17;/h4,7-10,13-14H,2-3,5-6,11-12,15-16H2,1H3,(H2,22,23,24);1H. The Labute approximate surface area is 193 Å². The van der Waals surface area contributed by atoms with Crippen molar-refractivity contribution in [2.24, 2.45) is 4.99 Å². The lowest BCUT2D eigenvalue weighted by Crippen LogP contribution is -2.46. The Morgan fingerprint density at radius 2 is 2.00 bits per heavy atom. The molecule has 0 aromatic carbocycles. The molecule has 0 aliphatic heterocycles. The quantitative estimate of drug-likeness (QED) is 0.286. The van der Waals surface area contributed by atoms with Crippen molar-refractivity contribution in [1.29, 1.82) is 0 Å². The highest BCUT2D eigenvalue weighted by Gasteiger charge is 2.34. The van der Waals surface area contributed by atoms with E-state index < -0.39 is 0 Å². The van der Waals surface area contributed by atoms with Crippen LogP contribution in [-0.4, -0.2) is 33.6 Å². The molecule has 1 aliphatic carbocycles. The van der Waals surface area contributed by atoms with Gasteiger partial charge in [0.1, 0.15) is 6.54 Å². The molecule has 3 heterocycles. The van der Waals surface area contributed by atoms with Crippen LogP contribution in [0.4, 0.5) is 0 Å². The molecule has 0 spiro atoms. The number of guanidine groups is 1. The van der Waals surface area contributed by atoms with Crippen LogP contribution in [0.3, 0.4) is 0 Å². The first-order valence-corrected chi connectivity index (χ1v) is 11.0. The minimum absolute atomic E-state index is 0. The van der Waals surface area contributed by atoms with Crippen molar-refractivity contribution in [3.05, 3.63) is 52.6 Å². The maximum atomic E-state index is 4.78. The van der Waals surface area contributed by atoms with E-state index in [1.54, 1.807) is 0 Å². The Morgan fingerprint density at radius 1 is 1.14 bits per heavy atom. The van der Waals surface area contributed by atoms with E-state index in [4.69, 9.17) is 4.99 Å². The molecular weight excluding hydrogens is 495 g/mol. The van der Waals surface area contributed by atoms with E-state index in [1.807, 2.05) is 40.1 Å².